The molecular formula is C5H7N3O. The number of rotatable bonds is 0. The molecule has 1 aliphatic rings. The molecule has 1 heterocycles. The first-order valence-electron chi connectivity index (χ1n) is 2.58. The van der Waals surface area contributed by atoms with E-state index in [1.807, 2.05) is 0 Å². The van der Waals surface area contributed by atoms with Crippen molar-refractivity contribution >= 4 is 17.8 Å². The Labute approximate surface area is 52.5 Å². The number of nitrogens with zero attached hydrogens (tertiary/aromatic N) is 2. The Morgan fingerprint density at radius 3 is 2.89 bits per heavy atom. The topological polar surface area (TPSA) is 67.8 Å². The van der Waals surface area contributed by atoms with Crippen molar-refractivity contribution in [3.63, 3.8) is 0 Å². The Kier molecular flexibility index (Phi) is 1.40. The van der Waals surface area contributed by atoms with Crippen LogP contribution in [0.3, 0.4) is 0 Å². The molecule has 9 heavy (non-hydrogen) atoms. The Balaban J connectivity index is 2.82. The summed E-state index contributed by atoms with van der Waals surface area (Å²) < 4.78 is 0. The third-order valence-corrected chi connectivity index (χ3v) is 0.974. The van der Waals surface area contributed by atoms with Crippen molar-refractivity contribution in [3.8, 4) is 0 Å². The van der Waals surface area contributed by atoms with Crippen LogP contribution in [-0.4, -0.2) is 24.0 Å². The van der Waals surface area contributed by atoms with Crippen LogP contribution in [-0.2, 0) is 4.79 Å². The summed E-state index contributed by atoms with van der Waals surface area (Å²) in [6, 6.07) is 0. The zero-order valence-electron chi connectivity index (χ0n) is 5.03. The van der Waals surface area contributed by atoms with Gasteiger partial charge in [0.05, 0.1) is 11.9 Å². The lowest BCUT2D eigenvalue weighted by molar-refractivity contribution is -0.118. The van der Waals surface area contributed by atoms with Gasteiger partial charge in [-0.05, 0) is 6.92 Å². The minimum atomic E-state index is -0.769. The van der Waals surface area contributed by atoms with Crippen LogP contribution in [0.1, 0.15) is 6.92 Å². The van der Waals surface area contributed by atoms with Crippen LogP contribution in [0.2, 0.25) is 0 Å². The Hall–Kier alpha value is -1.03. The number of aliphatic imine (C=N–C) groups is 2. The third kappa shape index (κ3) is 1.20. The summed E-state index contributed by atoms with van der Waals surface area (Å²) in [6.45, 7) is 1.75. The van der Waals surface area contributed by atoms with Gasteiger partial charge in [-0.15, -0.1) is 0 Å². The molecule has 1 aliphatic heterocycles. The van der Waals surface area contributed by atoms with E-state index in [4.69, 9.17) is 5.73 Å². The lowest BCUT2D eigenvalue weighted by Gasteiger charge is -2.05. The molecule has 0 fully saturated rings. The fourth-order valence-corrected chi connectivity index (χ4v) is 0.541. The van der Waals surface area contributed by atoms with Gasteiger partial charge in [-0.1, -0.05) is 0 Å². The van der Waals surface area contributed by atoms with Gasteiger partial charge in [-0.2, -0.15) is 0 Å². The van der Waals surface area contributed by atoms with E-state index in [0.29, 0.717) is 5.71 Å². The van der Waals surface area contributed by atoms with E-state index in [9.17, 15) is 4.79 Å². The second-order valence-electron chi connectivity index (χ2n) is 1.81. The normalized spacial score (nSPS) is 26.2. The van der Waals surface area contributed by atoms with Crippen LogP contribution in [0.15, 0.2) is 9.98 Å². The highest BCUT2D eigenvalue weighted by molar-refractivity contribution is 6.32. The van der Waals surface area contributed by atoms with Gasteiger partial charge in [0.1, 0.15) is 0 Å². The molecule has 0 saturated heterocycles. The summed E-state index contributed by atoms with van der Waals surface area (Å²) in [4.78, 5) is 17.7. The fourth-order valence-electron chi connectivity index (χ4n) is 0.541. The minimum absolute atomic E-state index is 0.374. The maximum absolute atomic E-state index is 10.5. The maximum Gasteiger partial charge on any atom is 0.285 e. The number of carbonyl (C=O) groups is 1. The lowest BCUT2D eigenvalue weighted by Crippen LogP contribution is -2.31. The second kappa shape index (κ2) is 2.06. The molecule has 0 spiro atoms. The predicted octanol–water partition coefficient (Wildman–Crippen LogP) is -0.657. The van der Waals surface area contributed by atoms with E-state index in [1.165, 1.54) is 6.21 Å². The van der Waals surface area contributed by atoms with E-state index in [2.05, 4.69) is 9.98 Å². The molecule has 1 rings (SSSR count). The zero-order chi connectivity index (χ0) is 6.85. The van der Waals surface area contributed by atoms with Crippen LogP contribution >= 0.6 is 0 Å². The molecule has 0 aromatic rings. The molecular weight excluding hydrogens is 118 g/mol. The summed E-state index contributed by atoms with van der Waals surface area (Å²) in [5, 5.41) is 0. The van der Waals surface area contributed by atoms with Crippen LogP contribution < -0.4 is 5.73 Å². The lowest BCUT2D eigenvalue weighted by atomic mass is 10.3. The van der Waals surface area contributed by atoms with Crippen molar-refractivity contribution in [2.45, 2.75) is 13.1 Å². The number of hydrogen-bond donors (Lipinski definition) is 1. The van der Waals surface area contributed by atoms with E-state index in [0.717, 1.165) is 0 Å². The molecule has 1 unspecified atom stereocenters. The first-order valence-corrected chi connectivity index (χ1v) is 2.58. The molecule has 0 radical (unpaired) electrons. The van der Waals surface area contributed by atoms with Crippen molar-refractivity contribution in [1.29, 1.82) is 0 Å². The first-order chi connectivity index (χ1) is 4.20. The minimum Gasteiger partial charge on any atom is -0.302 e. The number of nitrogens with two attached hydrogens (primary N) is 1. The van der Waals surface area contributed by atoms with Gasteiger partial charge < -0.3 is 5.73 Å². The van der Waals surface area contributed by atoms with Gasteiger partial charge in [0.15, 0.2) is 6.17 Å². The molecule has 1 amide bonds. The molecule has 0 aromatic heterocycles. The summed E-state index contributed by atoms with van der Waals surface area (Å²) in [5.74, 6) is -0.374. The van der Waals surface area contributed by atoms with E-state index >= 15 is 0 Å². The van der Waals surface area contributed by atoms with Crippen molar-refractivity contribution in [1.82, 2.24) is 0 Å². The summed E-state index contributed by atoms with van der Waals surface area (Å²) in [7, 11) is 0. The summed E-state index contributed by atoms with van der Waals surface area (Å²) >= 11 is 0. The molecule has 0 bridgehead atoms. The molecule has 1 atom stereocenters. The summed E-state index contributed by atoms with van der Waals surface area (Å²) in [6.07, 6.45) is 0.640. The van der Waals surface area contributed by atoms with Crippen molar-refractivity contribution in [2.75, 3.05) is 0 Å². The smallest absolute Gasteiger partial charge is 0.285 e. The molecule has 0 aromatic carbocycles. The molecule has 0 saturated carbocycles. The van der Waals surface area contributed by atoms with Gasteiger partial charge in [0.25, 0.3) is 5.91 Å². The molecule has 0 aliphatic carbocycles. The van der Waals surface area contributed by atoms with Gasteiger partial charge in [-0.3, -0.25) is 9.79 Å². The molecule has 2 N–H and O–H groups in total. The second-order valence-corrected chi connectivity index (χ2v) is 1.81. The van der Waals surface area contributed by atoms with Crippen LogP contribution in [0.25, 0.3) is 0 Å². The number of carbonyl (C=O) groups excluding carboxylic acids is 1. The van der Waals surface area contributed by atoms with E-state index in [1.54, 1.807) is 6.92 Å². The van der Waals surface area contributed by atoms with E-state index in [-0.39, 0.29) is 5.91 Å². The van der Waals surface area contributed by atoms with Gasteiger partial charge in [-0.25, -0.2) is 4.99 Å². The molecule has 4 nitrogen and oxygen atoms in total. The van der Waals surface area contributed by atoms with Crippen molar-refractivity contribution < 1.29 is 4.79 Å². The molecule has 48 valence electrons. The number of hydrogen-bond acceptors (Lipinski definition) is 3. The third-order valence-electron chi connectivity index (χ3n) is 0.974. The largest absolute Gasteiger partial charge is 0.302 e. The first kappa shape index (κ1) is 6.10. The summed E-state index contributed by atoms with van der Waals surface area (Å²) in [5.41, 5.74) is 5.91. The zero-order valence-corrected chi connectivity index (χ0v) is 5.03. The highest BCUT2D eigenvalue weighted by atomic mass is 16.2. The SMILES string of the molecule is CC1=NC(N)C(=O)N=C1. The monoisotopic (exact) mass is 125 g/mol. The van der Waals surface area contributed by atoms with Gasteiger partial charge in [0.2, 0.25) is 0 Å². The van der Waals surface area contributed by atoms with Crippen molar-refractivity contribution in [3.05, 3.63) is 0 Å². The standard InChI is InChI=1S/C5H7N3O/c1-3-2-7-5(9)4(6)8-3/h2,4H,6H2,1H3. The number of amides is 1. The van der Waals surface area contributed by atoms with Crippen LogP contribution in [0, 0.1) is 0 Å². The van der Waals surface area contributed by atoms with Crippen LogP contribution in [0.5, 0.6) is 0 Å². The Bertz CT molecular complexity index is 194. The highest BCUT2D eigenvalue weighted by Gasteiger charge is 2.12. The van der Waals surface area contributed by atoms with E-state index < -0.39 is 6.17 Å². The average Bonchev–Trinajstić information content (AvgIpc) is 1.80. The van der Waals surface area contributed by atoms with Crippen molar-refractivity contribution in [2.24, 2.45) is 15.7 Å². The Morgan fingerprint density at radius 2 is 2.44 bits per heavy atom. The molecule has 4 heteroatoms. The predicted molar refractivity (Wildman–Crippen MR) is 34.6 cm³/mol. The van der Waals surface area contributed by atoms with Gasteiger partial charge in [0, 0.05) is 0 Å². The van der Waals surface area contributed by atoms with Crippen LogP contribution in [0.4, 0.5) is 0 Å². The maximum atomic E-state index is 10.5. The van der Waals surface area contributed by atoms with Gasteiger partial charge >= 0.3 is 0 Å². The fraction of sp³-hybridized carbons (Fsp3) is 0.400. The Morgan fingerprint density at radius 1 is 1.78 bits per heavy atom. The quantitative estimate of drug-likeness (QED) is 0.467. The highest BCUT2D eigenvalue weighted by Crippen LogP contribution is 1.92. The average molecular weight is 125 g/mol.